The first-order chi connectivity index (χ1) is 43.3. The number of aliphatic hydroxyl groups excluding tert-OH is 1. The molecule has 4 aliphatic carbocycles. The molecule has 6 aromatic rings. The van der Waals surface area contributed by atoms with Crippen LogP contribution in [0.1, 0.15) is 108 Å². The number of methoxy groups -OCH3 is 1. The van der Waals surface area contributed by atoms with Crippen LogP contribution in [0.25, 0.3) is 21.8 Å². The molecule has 0 radical (unpaired) electrons. The number of halogens is 12. The average molecular weight is 1300 g/mol. The minimum atomic E-state index is -5.01. The van der Waals surface area contributed by atoms with E-state index in [9.17, 15) is 57.8 Å². The van der Waals surface area contributed by atoms with Crippen molar-refractivity contribution in [2.45, 2.75) is 122 Å². The first-order valence-electron chi connectivity index (χ1n) is 30.1. The van der Waals surface area contributed by atoms with Crippen molar-refractivity contribution >= 4 is 45.4 Å². The molecule has 9 N–H and O–H groups in total. The largest absolute Gasteiger partial charge is 0.494 e. The topological polar surface area (TPSA) is 203 Å². The molecule has 2 heterocycles. The molecule has 1 atom stereocenters. The van der Waals surface area contributed by atoms with E-state index < -0.39 is 66.2 Å². The molecule has 4 aliphatic rings. The summed E-state index contributed by atoms with van der Waals surface area (Å²) in [6, 6.07) is 18.1. The van der Waals surface area contributed by atoms with E-state index in [4.69, 9.17) is 37.9 Å². The number of pyridine rings is 2. The minimum Gasteiger partial charge on any atom is -0.494 e. The molecule has 1 unspecified atom stereocenters. The summed E-state index contributed by atoms with van der Waals surface area (Å²) in [5.41, 5.74) is 10.3. The van der Waals surface area contributed by atoms with Crippen LogP contribution < -0.4 is 37.7 Å². The summed E-state index contributed by atoms with van der Waals surface area (Å²) in [7, 11) is 2.96. The van der Waals surface area contributed by atoms with Crippen LogP contribution in [-0.4, -0.2) is 100 Å². The van der Waals surface area contributed by atoms with Gasteiger partial charge in [0.1, 0.15) is 22.9 Å². The quantitative estimate of drug-likeness (QED) is 0.0101. The highest BCUT2D eigenvalue weighted by atomic mass is 19.4. The first-order valence-corrected chi connectivity index (χ1v) is 30.1. The molecule has 92 heavy (non-hydrogen) atoms. The number of aromatic nitrogens is 2. The highest BCUT2D eigenvalue weighted by Crippen LogP contribution is 2.43. The molecule has 500 valence electrons. The van der Waals surface area contributed by atoms with Gasteiger partial charge in [-0.1, -0.05) is 30.3 Å². The van der Waals surface area contributed by atoms with Crippen LogP contribution in [0.2, 0.25) is 0 Å². The van der Waals surface area contributed by atoms with E-state index in [1.165, 1.54) is 23.8 Å². The summed E-state index contributed by atoms with van der Waals surface area (Å²) in [6.45, 7) is 11.6. The van der Waals surface area contributed by atoms with Gasteiger partial charge in [-0.05, 0) is 160 Å². The van der Waals surface area contributed by atoms with Gasteiger partial charge in [-0.3, -0.25) is 0 Å². The summed E-state index contributed by atoms with van der Waals surface area (Å²) in [4.78, 5) is 17.4. The maximum Gasteiger partial charge on any atom is 0.416 e. The molecule has 4 aromatic carbocycles. The van der Waals surface area contributed by atoms with E-state index in [0.717, 1.165) is 110 Å². The van der Waals surface area contributed by atoms with Crippen molar-refractivity contribution in [3.63, 3.8) is 0 Å². The van der Waals surface area contributed by atoms with Gasteiger partial charge in [-0.2, -0.15) is 52.7 Å². The van der Waals surface area contributed by atoms with Crippen LogP contribution in [0.3, 0.4) is 0 Å². The highest BCUT2D eigenvalue weighted by Gasteiger charge is 2.40. The van der Waals surface area contributed by atoms with Crippen molar-refractivity contribution in [3.05, 3.63) is 148 Å². The van der Waals surface area contributed by atoms with Crippen molar-refractivity contribution < 1.29 is 62.5 Å². The predicted octanol–water partition coefficient (Wildman–Crippen LogP) is 12.7. The smallest absolute Gasteiger partial charge is 0.416 e. The van der Waals surface area contributed by atoms with Crippen molar-refractivity contribution in [1.82, 2.24) is 30.0 Å². The van der Waals surface area contributed by atoms with E-state index in [0.29, 0.717) is 82.0 Å². The molecule has 16 nitrogen and oxygen atoms in total. The van der Waals surface area contributed by atoms with Crippen LogP contribution in [0.4, 0.5) is 64.3 Å². The Bertz CT molecular complexity index is 3470. The lowest BCUT2D eigenvalue weighted by molar-refractivity contribution is -0.144. The number of fused-ring (bicyclic) bond motifs is 2. The molecule has 0 aliphatic heterocycles. The van der Waals surface area contributed by atoms with Crippen LogP contribution in [0.15, 0.2) is 108 Å². The number of hydrogen-bond acceptors (Lipinski definition) is 12. The first kappa shape index (κ1) is 69.9. The standard InChI is InChI=1S/C32H39F6N7O.C30H35F6N7O.C2H4/c1-19-4-3-5-24-12-25(29(41-28(19)24)43(15-21-6-7-21)16-22-8-9-22)18-44(30(39)42-45(40)14-20(2)46)17-23-10-26(31(33,34)35)13-27(11-23)32(36,37)38;1-41(38)40-28(37)43(16-20-10-23(29(31,32)33)13-24(11-20)30(34,35)36)17-22-12-21-4-3-5-25(44-2)26(21)39-27(22)42(14-18-6-7-18)15-19-8-9-19;1-2/h3-5,10-13,20-22,46H,6-9,14-18,40H2,1-2H3,(H2,39,42);3-5,10-13,18-19H,6-9,14-17,38H2,1-2H3,(H2,37,40);1-2H2. The molecule has 0 spiro atoms. The lowest BCUT2D eigenvalue weighted by atomic mass is 10.0. The number of alkyl halides is 12. The molecule has 28 heteroatoms. The third-order valence-electron chi connectivity index (χ3n) is 15.8. The Labute approximate surface area is 526 Å². The van der Waals surface area contributed by atoms with E-state index in [2.05, 4.69) is 33.2 Å². The summed E-state index contributed by atoms with van der Waals surface area (Å²) < 4.78 is 170. The number of para-hydroxylation sites is 2. The zero-order valence-corrected chi connectivity index (χ0v) is 51.6. The molecule has 2 aromatic heterocycles. The Kier molecular flexibility index (Phi) is 22.0. The number of hydrazine groups is 2. The van der Waals surface area contributed by atoms with Gasteiger partial charge in [0.2, 0.25) is 11.9 Å². The number of rotatable bonds is 23. The number of ether oxygens (including phenoxy) is 1. The predicted molar refractivity (Wildman–Crippen MR) is 331 cm³/mol. The fourth-order valence-electron chi connectivity index (χ4n) is 10.7. The second kappa shape index (κ2) is 28.9. The van der Waals surface area contributed by atoms with Gasteiger partial charge in [0.05, 0.1) is 47.5 Å². The number of nitrogens with two attached hydrogens (primary N) is 4. The molecule has 0 bridgehead atoms. The number of benzene rings is 4. The normalized spacial score (nSPS) is 15.9. The molecule has 0 saturated heterocycles. The van der Waals surface area contributed by atoms with E-state index in [1.807, 2.05) is 55.5 Å². The van der Waals surface area contributed by atoms with E-state index in [-0.39, 0.29) is 54.8 Å². The maximum atomic E-state index is 13.7. The zero-order valence-electron chi connectivity index (χ0n) is 51.6. The zero-order chi connectivity index (χ0) is 67.2. The average Bonchev–Trinajstić information content (AvgIpc) is 1.33. The lowest BCUT2D eigenvalue weighted by Crippen LogP contribution is -2.42. The second-order valence-corrected chi connectivity index (χ2v) is 24.2. The molecule has 4 saturated carbocycles. The number of aryl methyl sites for hydroxylation is 1. The van der Waals surface area contributed by atoms with Crippen LogP contribution in [-0.2, 0) is 50.9 Å². The fraction of sp³-hybridized carbons (Fsp3) is 0.469. The van der Waals surface area contributed by atoms with Gasteiger partial charge in [-0.25, -0.2) is 31.9 Å². The van der Waals surface area contributed by atoms with Gasteiger partial charge in [0.15, 0.2) is 0 Å². The maximum absolute atomic E-state index is 13.7. The second-order valence-electron chi connectivity index (χ2n) is 24.2. The number of nitrogens with zero attached hydrogens (tertiary/aromatic N) is 10. The SMILES string of the molecule is C=C.COc1cccc2cc(CN(Cc3cc(C(F)(F)F)cc(C(F)(F)F)c3)/C(N)=N/N(C)N)c(N(CC3CC3)CC3CC3)nc12.Cc1cccc2cc(CN(Cc3cc(C(F)(F)F)cc(C(F)(F)F)c3)/C(N)=N/N(N)CC(C)O)c(N(CC3CC3)CC3CC3)nc12. The van der Waals surface area contributed by atoms with Gasteiger partial charge in [-0.15, -0.1) is 23.4 Å². The molecule has 0 amide bonds. The lowest BCUT2D eigenvalue weighted by Gasteiger charge is -2.30. The van der Waals surface area contributed by atoms with Gasteiger partial charge in [0, 0.05) is 81.3 Å². The molecule has 10 rings (SSSR count). The Balaban J connectivity index is 0.000000231. The van der Waals surface area contributed by atoms with Gasteiger partial charge < -0.3 is 40.9 Å². The van der Waals surface area contributed by atoms with E-state index in [1.54, 1.807) is 7.11 Å². The molecular formula is C64H78F12N14O2. The Morgan fingerprint density at radius 3 is 1.27 bits per heavy atom. The fourth-order valence-corrected chi connectivity index (χ4v) is 10.7. The summed E-state index contributed by atoms with van der Waals surface area (Å²) in [5, 5.41) is 21.3. The van der Waals surface area contributed by atoms with Crippen molar-refractivity contribution in [3.8, 4) is 5.75 Å². The molecule has 4 fully saturated rings. The van der Waals surface area contributed by atoms with Crippen molar-refractivity contribution in [2.24, 2.45) is 57.0 Å². The summed E-state index contributed by atoms with van der Waals surface area (Å²) in [5.74, 6) is 15.2. The molecular weight excluding hydrogens is 1220 g/mol. The van der Waals surface area contributed by atoms with Gasteiger partial charge >= 0.3 is 24.7 Å². The number of aliphatic hydroxyl groups is 1. The number of anilines is 2. The van der Waals surface area contributed by atoms with E-state index >= 15 is 0 Å². The number of hydrazone groups is 2. The summed E-state index contributed by atoms with van der Waals surface area (Å²) in [6.07, 6.45) is -12.0. The van der Waals surface area contributed by atoms with Crippen molar-refractivity contribution in [2.75, 3.05) is 56.7 Å². The third kappa shape index (κ3) is 19.5. The Morgan fingerprint density at radius 1 is 0.565 bits per heavy atom. The van der Waals surface area contributed by atoms with Crippen LogP contribution in [0, 0.1) is 30.6 Å². The third-order valence-corrected chi connectivity index (χ3v) is 15.8. The van der Waals surface area contributed by atoms with Crippen LogP contribution in [0.5, 0.6) is 5.75 Å². The highest BCUT2D eigenvalue weighted by molar-refractivity contribution is 5.88. The van der Waals surface area contributed by atoms with Gasteiger partial charge in [0.25, 0.3) is 0 Å². The van der Waals surface area contributed by atoms with Crippen LogP contribution >= 0.6 is 0 Å². The minimum absolute atomic E-state index is 0.0118. The van der Waals surface area contributed by atoms with Crippen molar-refractivity contribution in [1.29, 1.82) is 0 Å². The monoisotopic (exact) mass is 1300 g/mol. The Hall–Kier alpha value is -7.98. The summed E-state index contributed by atoms with van der Waals surface area (Å²) >= 11 is 0. The number of guanidine groups is 2. The Morgan fingerprint density at radius 2 is 0.924 bits per heavy atom. The number of hydrogen-bond donors (Lipinski definition) is 5.